The van der Waals surface area contributed by atoms with Gasteiger partial charge < -0.3 is 15.7 Å². The highest BCUT2D eigenvalue weighted by molar-refractivity contribution is 14.0. The van der Waals surface area contributed by atoms with E-state index in [0.29, 0.717) is 19.0 Å². The maximum atomic E-state index is 10.7. The topological polar surface area (TPSA) is 74.5 Å². The molecule has 0 radical (unpaired) electrons. The van der Waals surface area contributed by atoms with Gasteiger partial charge in [-0.3, -0.25) is 4.68 Å². The van der Waals surface area contributed by atoms with E-state index in [4.69, 9.17) is 0 Å². The average Bonchev–Trinajstić information content (AvgIpc) is 3.05. The summed E-state index contributed by atoms with van der Waals surface area (Å²) in [5, 5.41) is 21.3. The van der Waals surface area contributed by atoms with Gasteiger partial charge in [0.05, 0.1) is 19.3 Å². The molecule has 26 heavy (non-hydrogen) atoms. The third-order valence-electron chi connectivity index (χ3n) is 4.18. The maximum Gasteiger partial charge on any atom is 0.191 e. The molecule has 0 saturated heterocycles. The van der Waals surface area contributed by atoms with Crippen molar-refractivity contribution in [1.82, 2.24) is 20.4 Å². The molecule has 3 N–H and O–H groups in total. The average molecular weight is 471 g/mol. The Labute approximate surface area is 173 Å². The summed E-state index contributed by atoms with van der Waals surface area (Å²) in [5.74, 6) is 0.692. The summed E-state index contributed by atoms with van der Waals surface area (Å²) in [5.41, 5.74) is 2.28. The number of rotatable bonds is 7. The summed E-state index contributed by atoms with van der Waals surface area (Å²) in [6.07, 6.45) is 4.50. The van der Waals surface area contributed by atoms with Gasteiger partial charge in [-0.05, 0) is 31.4 Å². The summed E-state index contributed by atoms with van der Waals surface area (Å²) in [6, 6.07) is 8.34. The fraction of sp³-hybridized carbons (Fsp3) is 0.474. The number of halogens is 1. The Morgan fingerprint density at radius 1 is 1.23 bits per heavy atom. The minimum atomic E-state index is -1.02. The van der Waals surface area contributed by atoms with Gasteiger partial charge in [-0.1, -0.05) is 31.2 Å². The molecule has 0 saturated carbocycles. The van der Waals surface area contributed by atoms with E-state index in [1.807, 2.05) is 26.2 Å². The Bertz CT molecular complexity index is 711. The summed E-state index contributed by atoms with van der Waals surface area (Å²) in [4.78, 5) is 4.66. The quantitative estimate of drug-likeness (QED) is 0.330. The van der Waals surface area contributed by atoms with Gasteiger partial charge in [-0.15, -0.1) is 24.0 Å². The van der Waals surface area contributed by atoms with E-state index < -0.39 is 5.60 Å². The number of hydrogen-bond donors (Lipinski definition) is 3. The number of guanidine groups is 1. The van der Waals surface area contributed by atoms with Crippen molar-refractivity contribution in [1.29, 1.82) is 0 Å². The number of benzene rings is 1. The molecule has 0 aliphatic carbocycles. The van der Waals surface area contributed by atoms with Crippen LogP contribution in [0.15, 0.2) is 41.7 Å². The van der Waals surface area contributed by atoms with Gasteiger partial charge in [0.1, 0.15) is 5.60 Å². The molecule has 0 fully saturated rings. The van der Waals surface area contributed by atoms with E-state index in [2.05, 4.69) is 45.8 Å². The first-order chi connectivity index (χ1) is 12.0. The minimum absolute atomic E-state index is 0. The largest absolute Gasteiger partial charge is 0.383 e. The second kappa shape index (κ2) is 10.5. The van der Waals surface area contributed by atoms with Gasteiger partial charge in [-0.25, -0.2) is 4.99 Å². The van der Waals surface area contributed by atoms with Crippen LogP contribution in [-0.2, 0) is 25.6 Å². The third-order valence-corrected chi connectivity index (χ3v) is 4.18. The molecule has 0 aliphatic heterocycles. The Morgan fingerprint density at radius 3 is 2.50 bits per heavy atom. The first kappa shape index (κ1) is 22.4. The fourth-order valence-electron chi connectivity index (χ4n) is 2.62. The molecular formula is C19H30IN5O. The SMILES string of the molecule is CCNC(=NCc1ccccc1CC)NCC(C)(O)c1cnn(C)c1.I. The molecule has 2 aromatic rings. The Kier molecular flexibility index (Phi) is 9.07. The molecule has 1 atom stereocenters. The van der Waals surface area contributed by atoms with E-state index in [1.54, 1.807) is 17.8 Å². The van der Waals surface area contributed by atoms with Crippen LogP contribution in [0, 0.1) is 0 Å². The van der Waals surface area contributed by atoms with Crippen molar-refractivity contribution in [2.24, 2.45) is 12.0 Å². The molecule has 1 aromatic carbocycles. The number of nitrogens with one attached hydrogen (secondary N) is 2. The van der Waals surface area contributed by atoms with Crippen LogP contribution in [0.4, 0.5) is 0 Å². The summed E-state index contributed by atoms with van der Waals surface area (Å²) < 4.78 is 1.69. The van der Waals surface area contributed by atoms with Gasteiger partial charge >= 0.3 is 0 Å². The van der Waals surface area contributed by atoms with E-state index in [9.17, 15) is 5.11 Å². The molecular weight excluding hydrogens is 441 g/mol. The smallest absolute Gasteiger partial charge is 0.191 e. The standard InChI is InChI=1S/C19H29N5O.HI/c1-5-15-9-7-8-10-16(15)11-21-18(20-6-2)22-14-19(3,25)17-12-23-24(4)13-17;/h7-10,12-13,25H,5-6,11,14H2,1-4H3,(H2,20,21,22);1H. The van der Waals surface area contributed by atoms with Crippen molar-refractivity contribution in [3.8, 4) is 0 Å². The number of nitrogens with zero attached hydrogens (tertiary/aromatic N) is 3. The van der Waals surface area contributed by atoms with Crippen LogP contribution >= 0.6 is 24.0 Å². The zero-order valence-corrected chi connectivity index (χ0v) is 18.3. The molecule has 0 spiro atoms. The molecule has 144 valence electrons. The molecule has 2 rings (SSSR count). The van der Waals surface area contributed by atoms with Gasteiger partial charge in [0.25, 0.3) is 0 Å². The normalized spacial score (nSPS) is 13.7. The fourth-order valence-corrected chi connectivity index (χ4v) is 2.62. The van der Waals surface area contributed by atoms with E-state index in [1.165, 1.54) is 11.1 Å². The second-order valence-corrected chi connectivity index (χ2v) is 6.35. The van der Waals surface area contributed by atoms with E-state index in [0.717, 1.165) is 18.5 Å². The Morgan fingerprint density at radius 2 is 1.92 bits per heavy atom. The summed E-state index contributed by atoms with van der Waals surface area (Å²) in [7, 11) is 1.84. The number of aliphatic hydroxyl groups is 1. The molecule has 1 aromatic heterocycles. The number of aromatic nitrogens is 2. The zero-order chi connectivity index (χ0) is 18.3. The lowest BCUT2D eigenvalue weighted by Gasteiger charge is -2.23. The van der Waals surface area contributed by atoms with Crippen LogP contribution in [0.25, 0.3) is 0 Å². The highest BCUT2D eigenvalue weighted by Crippen LogP contribution is 2.18. The van der Waals surface area contributed by atoms with Gasteiger partial charge in [0.2, 0.25) is 0 Å². The van der Waals surface area contributed by atoms with Gasteiger partial charge in [-0.2, -0.15) is 5.10 Å². The van der Waals surface area contributed by atoms with Crippen LogP contribution in [-0.4, -0.2) is 33.9 Å². The van der Waals surface area contributed by atoms with E-state index in [-0.39, 0.29) is 24.0 Å². The monoisotopic (exact) mass is 471 g/mol. The van der Waals surface area contributed by atoms with E-state index >= 15 is 0 Å². The van der Waals surface area contributed by atoms with Crippen LogP contribution in [0.1, 0.15) is 37.5 Å². The van der Waals surface area contributed by atoms with Crippen molar-refractivity contribution >= 4 is 29.9 Å². The highest BCUT2D eigenvalue weighted by atomic mass is 127. The molecule has 0 aliphatic rings. The first-order valence-electron chi connectivity index (χ1n) is 8.76. The van der Waals surface area contributed by atoms with Crippen LogP contribution in [0.2, 0.25) is 0 Å². The van der Waals surface area contributed by atoms with Crippen molar-refractivity contribution < 1.29 is 5.11 Å². The molecule has 0 bridgehead atoms. The summed E-state index contributed by atoms with van der Waals surface area (Å²) in [6.45, 7) is 7.66. The Balaban J connectivity index is 0.00000338. The molecule has 1 unspecified atom stereocenters. The van der Waals surface area contributed by atoms with Gasteiger partial charge in [0, 0.05) is 25.4 Å². The van der Waals surface area contributed by atoms with Crippen molar-refractivity contribution in [2.75, 3.05) is 13.1 Å². The molecule has 1 heterocycles. The zero-order valence-electron chi connectivity index (χ0n) is 16.0. The summed E-state index contributed by atoms with van der Waals surface area (Å²) >= 11 is 0. The predicted octanol–water partition coefficient (Wildman–Crippen LogP) is 2.56. The highest BCUT2D eigenvalue weighted by Gasteiger charge is 2.24. The van der Waals surface area contributed by atoms with Crippen LogP contribution in [0.3, 0.4) is 0 Å². The lowest BCUT2D eigenvalue weighted by Crippen LogP contribution is -2.44. The number of aryl methyl sites for hydroxylation is 2. The number of aliphatic imine (C=N–C) groups is 1. The van der Waals surface area contributed by atoms with Crippen molar-refractivity contribution in [3.05, 3.63) is 53.3 Å². The van der Waals surface area contributed by atoms with Gasteiger partial charge in [0.15, 0.2) is 5.96 Å². The molecule has 7 heteroatoms. The van der Waals surface area contributed by atoms with Crippen molar-refractivity contribution in [2.45, 2.75) is 39.3 Å². The minimum Gasteiger partial charge on any atom is -0.383 e. The predicted molar refractivity (Wildman–Crippen MR) is 117 cm³/mol. The van der Waals surface area contributed by atoms with Crippen LogP contribution in [0.5, 0.6) is 0 Å². The lowest BCUT2D eigenvalue weighted by molar-refractivity contribution is 0.0616. The maximum absolute atomic E-state index is 10.7. The molecule has 0 amide bonds. The second-order valence-electron chi connectivity index (χ2n) is 6.35. The van der Waals surface area contributed by atoms with Crippen LogP contribution < -0.4 is 10.6 Å². The Hall–Kier alpha value is -1.61. The molecule has 6 nitrogen and oxygen atoms in total. The first-order valence-corrected chi connectivity index (χ1v) is 8.76. The number of hydrogen-bond acceptors (Lipinski definition) is 3. The lowest BCUT2D eigenvalue weighted by atomic mass is 10.00. The third kappa shape index (κ3) is 6.28. The van der Waals surface area contributed by atoms with Crippen molar-refractivity contribution in [3.63, 3.8) is 0 Å².